The van der Waals surface area contributed by atoms with E-state index in [4.69, 9.17) is 17.5 Å². The van der Waals surface area contributed by atoms with Crippen LogP contribution in [0.25, 0.3) is 0 Å². The summed E-state index contributed by atoms with van der Waals surface area (Å²) in [5.41, 5.74) is 3.27. The third-order valence-electron chi connectivity index (χ3n) is 1.99. The molecule has 0 saturated carbocycles. The molecular formula is C9H12ClNO. The molecule has 0 aliphatic carbocycles. The molecule has 0 aliphatic rings. The highest BCUT2D eigenvalue weighted by Crippen LogP contribution is 2.22. The Kier molecular flexibility index (Phi) is 3.09. The summed E-state index contributed by atoms with van der Waals surface area (Å²) in [4.78, 5) is 4.59. The van der Waals surface area contributed by atoms with Gasteiger partial charge >= 0.3 is 0 Å². The normalized spacial score (nSPS) is 10.3. The Balaban J connectivity index is 3.14. The summed E-state index contributed by atoms with van der Waals surface area (Å²) >= 11 is 5.93. The smallest absolute Gasteiger partial charge is 0.0935 e. The molecule has 2 nitrogen and oxygen atoms in total. The Labute approximate surface area is 77.2 Å². The summed E-state index contributed by atoms with van der Waals surface area (Å²) < 4.78 is 0. The van der Waals surface area contributed by atoms with Crippen molar-refractivity contribution in [1.82, 2.24) is 0 Å². The minimum absolute atomic E-state index is 0.415. The Hall–Kier alpha value is -0.570. The van der Waals surface area contributed by atoms with Crippen LogP contribution in [-0.4, -0.2) is 0 Å². The lowest BCUT2D eigenvalue weighted by molar-refractivity contribution is 0.123. The van der Waals surface area contributed by atoms with Crippen LogP contribution in [0.15, 0.2) is 12.1 Å². The molecule has 0 aliphatic heterocycles. The van der Waals surface area contributed by atoms with Crippen LogP contribution in [0.2, 0.25) is 5.02 Å². The van der Waals surface area contributed by atoms with Crippen molar-refractivity contribution in [3.63, 3.8) is 0 Å². The molecule has 0 amide bonds. The molecule has 66 valence electrons. The Morgan fingerprint density at radius 3 is 2.67 bits per heavy atom. The van der Waals surface area contributed by atoms with Gasteiger partial charge in [0, 0.05) is 5.02 Å². The predicted octanol–water partition coefficient (Wildman–Crippen LogP) is 2.35. The molecule has 0 unspecified atom stereocenters. The first-order chi connectivity index (χ1) is 5.66. The molecule has 0 atom stereocenters. The Morgan fingerprint density at radius 2 is 2.08 bits per heavy atom. The van der Waals surface area contributed by atoms with E-state index >= 15 is 0 Å². The van der Waals surface area contributed by atoms with Gasteiger partial charge in [-0.1, -0.05) is 17.7 Å². The SMILES string of the molecule is Cc1ccc(Cl)c(C)c1CON. The second-order valence-corrected chi connectivity index (χ2v) is 3.19. The van der Waals surface area contributed by atoms with Crippen LogP contribution >= 0.6 is 11.6 Å². The molecule has 0 radical (unpaired) electrons. The molecule has 0 saturated heterocycles. The summed E-state index contributed by atoms with van der Waals surface area (Å²) in [6.45, 7) is 4.39. The van der Waals surface area contributed by atoms with Crippen LogP contribution in [0.1, 0.15) is 16.7 Å². The van der Waals surface area contributed by atoms with Crippen LogP contribution in [0.5, 0.6) is 0 Å². The highest BCUT2D eigenvalue weighted by atomic mass is 35.5. The predicted molar refractivity (Wildman–Crippen MR) is 49.9 cm³/mol. The quantitative estimate of drug-likeness (QED) is 0.718. The highest BCUT2D eigenvalue weighted by molar-refractivity contribution is 6.31. The average molecular weight is 186 g/mol. The van der Waals surface area contributed by atoms with Crippen molar-refractivity contribution in [3.05, 3.63) is 33.8 Å². The summed E-state index contributed by atoms with van der Waals surface area (Å²) in [6, 6.07) is 3.84. The first-order valence-electron chi connectivity index (χ1n) is 3.73. The molecule has 12 heavy (non-hydrogen) atoms. The average Bonchev–Trinajstić information content (AvgIpc) is 2.06. The molecule has 0 bridgehead atoms. The highest BCUT2D eigenvalue weighted by Gasteiger charge is 2.05. The van der Waals surface area contributed by atoms with E-state index in [0.717, 1.165) is 21.7 Å². The number of aryl methyl sites for hydroxylation is 1. The minimum Gasteiger partial charge on any atom is -0.300 e. The lowest BCUT2D eigenvalue weighted by atomic mass is 10.0. The summed E-state index contributed by atoms with van der Waals surface area (Å²) in [7, 11) is 0. The van der Waals surface area contributed by atoms with Gasteiger partial charge in [-0.05, 0) is 36.6 Å². The van der Waals surface area contributed by atoms with E-state index in [1.807, 2.05) is 26.0 Å². The van der Waals surface area contributed by atoms with Crippen LogP contribution < -0.4 is 5.90 Å². The third-order valence-corrected chi connectivity index (χ3v) is 2.40. The van der Waals surface area contributed by atoms with E-state index in [1.165, 1.54) is 0 Å². The van der Waals surface area contributed by atoms with Gasteiger partial charge in [0.2, 0.25) is 0 Å². The molecule has 3 heteroatoms. The fourth-order valence-electron chi connectivity index (χ4n) is 1.17. The van der Waals surface area contributed by atoms with Gasteiger partial charge in [-0.3, -0.25) is 4.84 Å². The topological polar surface area (TPSA) is 35.2 Å². The van der Waals surface area contributed by atoms with E-state index in [-0.39, 0.29) is 0 Å². The zero-order valence-electron chi connectivity index (χ0n) is 7.23. The largest absolute Gasteiger partial charge is 0.300 e. The molecular weight excluding hydrogens is 174 g/mol. The number of benzene rings is 1. The number of halogens is 1. The summed E-state index contributed by atoms with van der Waals surface area (Å²) in [6.07, 6.45) is 0. The van der Waals surface area contributed by atoms with E-state index in [1.54, 1.807) is 0 Å². The molecule has 0 spiro atoms. The van der Waals surface area contributed by atoms with E-state index in [0.29, 0.717) is 6.61 Å². The molecule has 0 aromatic heterocycles. The third kappa shape index (κ3) is 1.78. The maximum absolute atomic E-state index is 5.93. The standard InChI is InChI=1S/C9H12ClNO/c1-6-3-4-9(10)7(2)8(6)5-12-11/h3-4H,5,11H2,1-2H3. The summed E-state index contributed by atoms with van der Waals surface area (Å²) in [5.74, 6) is 5.01. The van der Waals surface area contributed by atoms with Crippen molar-refractivity contribution >= 4 is 11.6 Å². The van der Waals surface area contributed by atoms with Crippen molar-refractivity contribution in [3.8, 4) is 0 Å². The molecule has 1 aromatic rings. The second-order valence-electron chi connectivity index (χ2n) is 2.78. The van der Waals surface area contributed by atoms with Gasteiger partial charge in [-0.25, -0.2) is 5.90 Å². The summed E-state index contributed by atoms with van der Waals surface area (Å²) in [5, 5.41) is 0.757. The maximum atomic E-state index is 5.93. The Bertz CT molecular complexity index is 286. The number of rotatable bonds is 2. The van der Waals surface area contributed by atoms with Gasteiger partial charge in [0.15, 0.2) is 0 Å². The molecule has 0 fully saturated rings. The maximum Gasteiger partial charge on any atom is 0.0935 e. The molecule has 1 aromatic carbocycles. The van der Waals surface area contributed by atoms with Gasteiger partial charge in [0.05, 0.1) is 6.61 Å². The van der Waals surface area contributed by atoms with Crippen molar-refractivity contribution in [2.24, 2.45) is 5.90 Å². The monoisotopic (exact) mass is 185 g/mol. The number of hydrogen-bond donors (Lipinski definition) is 1. The van der Waals surface area contributed by atoms with E-state index in [2.05, 4.69) is 4.84 Å². The van der Waals surface area contributed by atoms with Crippen LogP contribution in [0.3, 0.4) is 0 Å². The molecule has 0 heterocycles. The zero-order valence-corrected chi connectivity index (χ0v) is 7.98. The molecule has 1 rings (SSSR count). The fourth-order valence-corrected chi connectivity index (χ4v) is 1.35. The second kappa shape index (κ2) is 3.90. The first kappa shape index (κ1) is 9.52. The van der Waals surface area contributed by atoms with E-state index in [9.17, 15) is 0 Å². The number of hydrogen-bond acceptors (Lipinski definition) is 2. The van der Waals surface area contributed by atoms with Gasteiger partial charge in [-0.15, -0.1) is 0 Å². The lowest BCUT2D eigenvalue weighted by Crippen LogP contribution is -2.02. The van der Waals surface area contributed by atoms with Gasteiger partial charge in [0.25, 0.3) is 0 Å². The van der Waals surface area contributed by atoms with Crippen molar-refractivity contribution < 1.29 is 4.84 Å². The van der Waals surface area contributed by atoms with Crippen LogP contribution in [0, 0.1) is 13.8 Å². The van der Waals surface area contributed by atoms with Crippen molar-refractivity contribution in [2.75, 3.05) is 0 Å². The minimum atomic E-state index is 0.415. The first-order valence-corrected chi connectivity index (χ1v) is 4.11. The zero-order chi connectivity index (χ0) is 9.14. The van der Waals surface area contributed by atoms with Crippen LogP contribution in [-0.2, 0) is 11.4 Å². The van der Waals surface area contributed by atoms with Gasteiger partial charge in [-0.2, -0.15) is 0 Å². The number of nitrogens with two attached hydrogens (primary N) is 1. The van der Waals surface area contributed by atoms with Crippen molar-refractivity contribution in [2.45, 2.75) is 20.5 Å². The van der Waals surface area contributed by atoms with E-state index < -0.39 is 0 Å². The lowest BCUT2D eigenvalue weighted by Gasteiger charge is -2.09. The van der Waals surface area contributed by atoms with Crippen LogP contribution in [0.4, 0.5) is 0 Å². The fraction of sp³-hybridized carbons (Fsp3) is 0.333. The van der Waals surface area contributed by atoms with Gasteiger partial charge in [0.1, 0.15) is 0 Å². The Morgan fingerprint density at radius 1 is 1.42 bits per heavy atom. The van der Waals surface area contributed by atoms with Crippen molar-refractivity contribution in [1.29, 1.82) is 0 Å². The van der Waals surface area contributed by atoms with Gasteiger partial charge < -0.3 is 0 Å². The molecule has 2 N–H and O–H groups in total.